The Morgan fingerprint density at radius 2 is 1.73 bits per heavy atom. The molecule has 0 N–H and O–H groups in total. The lowest BCUT2D eigenvalue weighted by Gasteiger charge is -2.10. The average molecular weight is 351 g/mol. The summed E-state index contributed by atoms with van der Waals surface area (Å²) in [7, 11) is 0. The van der Waals surface area contributed by atoms with E-state index in [1.807, 2.05) is 37.3 Å². The van der Waals surface area contributed by atoms with Gasteiger partial charge >= 0.3 is 11.9 Å². The van der Waals surface area contributed by atoms with Crippen molar-refractivity contribution in [2.75, 3.05) is 13.2 Å². The molecule has 26 heavy (non-hydrogen) atoms. The monoisotopic (exact) mass is 351 g/mol. The first-order valence-electron chi connectivity index (χ1n) is 7.98. The molecule has 3 aromatic rings. The van der Waals surface area contributed by atoms with E-state index >= 15 is 0 Å². The van der Waals surface area contributed by atoms with E-state index in [0.29, 0.717) is 11.3 Å². The summed E-state index contributed by atoms with van der Waals surface area (Å²) in [5.74, 6) is -1.11. The predicted molar refractivity (Wildman–Crippen MR) is 95.0 cm³/mol. The lowest BCUT2D eigenvalue weighted by Crippen LogP contribution is -2.15. The number of nitrogens with zero attached hydrogens (tertiary/aromatic N) is 3. The molecule has 0 spiro atoms. The third kappa shape index (κ3) is 3.77. The number of rotatable bonds is 6. The molecular weight excluding hydrogens is 334 g/mol. The molecule has 7 heteroatoms. The zero-order valence-electron chi connectivity index (χ0n) is 14.2. The Labute approximate surface area is 149 Å². The number of hydrogen-bond acceptors (Lipinski definition) is 6. The number of carbonyl (C=O) groups is 2. The second-order valence-corrected chi connectivity index (χ2v) is 5.51. The van der Waals surface area contributed by atoms with Gasteiger partial charge in [-0.15, -0.1) is 15.0 Å². The third-order valence-corrected chi connectivity index (χ3v) is 3.60. The van der Waals surface area contributed by atoms with E-state index in [9.17, 15) is 9.59 Å². The molecule has 3 rings (SSSR count). The minimum atomic E-state index is -0.565. The summed E-state index contributed by atoms with van der Waals surface area (Å²) in [6, 6.07) is 12.7. The topological polar surface area (TPSA) is 83.3 Å². The highest BCUT2D eigenvalue weighted by Gasteiger charge is 2.17. The highest BCUT2D eigenvalue weighted by Crippen LogP contribution is 2.19. The number of esters is 2. The van der Waals surface area contributed by atoms with E-state index in [1.54, 1.807) is 12.1 Å². The first kappa shape index (κ1) is 17.3. The van der Waals surface area contributed by atoms with Crippen LogP contribution in [0.1, 0.15) is 15.9 Å². The van der Waals surface area contributed by atoms with Gasteiger partial charge in [0.1, 0.15) is 29.9 Å². The minimum absolute atomic E-state index is 0.0400. The number of carbonyl (C=O) groups excluding carboxylic acids is 2. The molecule has 132 valence electrons. The van der Waals surface area contributed by atoms with Gasteiger partial charge in [0.05, 0.1) is 5.56 Å². The molecule has 0 amide bonds. The predicted octanol–water partition coefficient (Wildman–Crippen LogP) is 2.61. The Kier molecular flexibility index (Phi) is 5.07. The van der Waals surface area contributed by atoms with Crippen LogP contribution >= 0.6 is 0 Å². The maximum Gasteiger partial charge on any atom is 0.340 e. The van der Waals surface area contributed by atoms with E-state index in [-0.39, 0.29) is 13.2 Å². The summed E-state index contributed by atoms with van der Waals surface area (Å²) >= 11 is 0. The van der Waals surface area contributed by atoms with Crippen molar-refractivity contribution in [3.63, 3.8) is 0 Å². The van der Waals surface area contributed by atoms with Crippen molar-refractivity contribution in [1.82, 2.24) is 15.0 Å². The third-order valence-electron chi connectivity index (χ3n) is 3.60. The second kappa shape index (κ2) is 7.60. The Morgan fingerprint density at radius 1 is 1.08 bits per heavy atom. The lowest BCUT2D eigenvalue weighted by atomic mass is 10.1. The first-order valence-corrected chi connectivity index (χ1v) is 7.98. The van der Waals surface area contributed by atoms with Crippen LogP contribution < -0.4 is 0 Å². The molecule has 1 aromatic heterocycles. The van der Waals surface area contributed by atoms with Gasteiger partial charge in [-0.2, -0.15) is 0 Å². The Bertz CT molecular complexity index is 945. The molecule has 2 aromatic carbocycles. The minimum Gasteiger partial charge on any atom is -0.459 e. The number of aromatic nitrogens is 3. The van der Waals surface area contributed by atoms with E-state index in [0.717, 1.165) is 22.7 Å². The van der Waals surface area contributed by atoms with Crippen LogP contribution in [-0.4, -0.2) is 40.1 Å². The number of ether oxygens (including phenoxy) is 2. The van der Waals surface area contributed by atoms with Crippen LogP contribution in [0.15, 0.2) is 55.1 Å². The largest absolute Gasteiger partial charge is 0.459 e. The van der Waals surface area contributed by atoms with Crippen LogP contribution in [0.3, 0.4) is 0 Å². The quantitative estimate of drug-likeness (QED) is 0.386. The zero-order valence-corrected chi connectivity index (χ0v) is 14.2. The van der Waals surface area contributed by atoms with Gasteiger partial charge in [0.2, 0.25) is 0 Å². The molecule has 0 fully saturated rings. The van der Waals surface area contributed by atoms with E-state index in [1.165, 1.54) is 4.80 Å². The number of benzene rings is 2. The molecule has 0 saturated carbocycles. The molecule has 0 unspecified atom stereocenters. The summed E-state index contributed by atoms with van der Waals surface area (Å²) in [5, 5.41) is 8.83. The number of fused-ring (bicyclic) bond motifs is 1. The van der Waals surface area contributed by atoms with E-state index < -0.39 is 11.9 Å². The molecule has 0 aliphatic heterocycles. The summed E-state index contributed by atoms with van der Waals surface area (Å²) in [6.07, 6.45) is 1.05. The normalized spacial score (nSPS) is 10.5. The standard InChI is InChI=1S/C19H17N3O4/c1-3-18(23)25-10-11-26-19(24)14-9-8-13(2)12-17(14)22-20-15-6-4-5-7-16(15)21-22/h3-9,12H,1,10-11H2,2H3. The van der Waals surface area contributed by atoms with Crippen LogP contribution in [0.25, 0.3) is 16.7 Å². The Balaban J connectivity index is 1.82. The molecule has 0 radical (unpaired) electrons. The van der Waals surface area contributed by atoms with Crippen LogP contribution in [-0.2, 0) is 14.3 Å². The van der Waals surface area contributed by atoms with Gasteiger partial charge in [-0.05, 0) is 36.8 Å². The lowest BCUT2D eigenvalue weighted by molar-refractivity contribution is -0.138. The van der Waals surface area contributed by atoms with Gasteiger partial charge in [-0.3, -0.25) is 0 Å². The molecule has 1 heterocycles. The van der Waals surface area contributed by atoms with Gasteiger partial charge < -0.3 is 9.47 Å². The molecular formula is C19H17N3O4. The second-order valence-electron chi connectivity index (χ2n) is 5.51. The zero-order chi connectivity index (χ0) is 18.5. The summed E-state index contributed by atoms with van der Waals surface area (Å²) < 4.78 is 9.97. The smallest absolute Gasteiger partial charge is 0.340 e. The Morgan fingerprint density at radius 3 is 2.38 bits per heavy atom. The van der Waals surface area contributed by atoms with Gasteiger partial charge in [-0.25, -0.2) is 9.59 Å². The van der Waals surface area contributed by atoms with Gasteiger partial charge in [0, 0.05) is 6.08 Å². The van der Waals surface area contributed by atoms with Crippen LogP contribution in [0.5, 0.6) is 0 Å². The maximum atomic E-state index is 12.4. The van der Waals surface area contributed by atoms with Gasteiger partial charge in [-0.1, -0.05) is 24.8 Å². The van der Waals surface area contributed by atoms with Crippen LogP contribution in [0.4, 0.5) is 0 Å². The van der Waals surface area contributed by atoms with Crippen molar-refractivity contribution >= 4 is 23.0 Å². The number of hydrogen-bond donors (Lipinski definition) is 0. The highest BCUT2D eigenvalue weighted by molar-refractivity contribution is 5.93. The molecule has 0 aliphatic carbocycles. The van der Waals surface area contributed by atoms with Crippen molar-refractivity contribution in [1.29, 1.82) is 0 Å². The fourth-order valence-corrected chi connectivity index (χ4v) is 2.36. The van der Waals surface area contributed by atoms with Crippen LogP contribution in [0.2, 0.25) is 0 Å². The van der Waals surface area contributed by atoms with Crippen molar-refractivity contribution in [3.8, 4) is 5.69 Å². The molecule has 7 nitrogen and oxygen atoms in total. The molecule has 0 saturated heterocycles. The van der Waals surface area contributed by atoms with Gasteiger partial charge in [0.15, 0.2) is 0 Å². The first-order chi connectivity index (χ1) is 12.6. The summed E-state index contributed by atoms with van der Waals surface area (Å²) in [5.41, 5.74) is 3.26. The van der Waals surface area contributed by atoms with Gasteiger partial charge in [0.25, 0.3) is 0 Å². The SMILES string of the molecule is C=CC(=O)OCCOC(=O)c1ccc(C)cc1-n1nc2ccccc2n1. The number of aryl methyl sites for hydroxylation is 1. The molecule has 0 bridgehead atoms. The molecule has 0 aliphatic rings. The average Bonchev–Trinajstić information content (AvgIpc) is 3.08. The molecule has 0 atom stereocenters. The van der Waals surface area contributed by atoms with Crippen molar-refractivity contribution in [2.45, 2.75) is 6.92 Å². The fraction of sp³-hybridized carbons (Fsp3) is 0.158. The summed E-state index contributed by atoms with van der Waals surface area (Å²) in [6.45, 7) is 5.11. The van der Waals surface area contributed by atoms with Crippen LogP contribution in [0, 0.1) is 6.92 Å². The van der Waals surface area contributed by atoms with Crippen molar-refractivity contribution < 1.29 is 19.1 Å². The van der Waals surface area contributed by atoms with E-state index in [2.05, 4.69) is 16.8 Å². The van der Waals surface area contributed by atoms with Crippen molar-refractivity contribution in [2.24, 2.45) is 0 Å². The maximum absolute atomic E-state index is 12.4. The van der Waals surface area contributed by atoms with E-state index in [4.69, 9.17) is 9.47 Å². The van der Waals surface area contributed by atoms with Crippen molar-refractivity contribution in [3.05, 3.63) is 66.2 Å². The Hall–Kier alpha value is -3.48. The summed E-state index contributed by atoms with van der Waals surface area (Å²) in [4.78, 5) is 24.8. The highest BCUT2D eigenvalue weighted by atomic mass is 16.6. The fourth-order valence-electron chi connectivity index (χ4n) is 2.36.